The fraction of sp³-hybridized carbons (Fsp3) is 0.500. The van der Waals surface area contributed by atoms with Crippen LogP contribution in [0.25, 0.3) is 0 Å². The van der Waals surface area contributed by atoms with Gasteiger partial charge in [-0.15, -0.1) is 0 Å². The number of hydrogen-bond acceptors (Lipinski definition) is 4. The molecule has 8 heteroatoms. The molecule has 0 bridgehead atoms. The van der Waals surface area contributed by atoms with Gasteiger partial charge in [-0.25, -0.2) is 4.39 Å². The van der Waals surface area contributed by atoms with Gasteiger partial charge in [0, 0.05) is 25.3 Å². The summed E-state index contributed by atoms with van der Waals surface area (Å²) < 4.78 is 19.5. The zero-order chi connectivity index (χ0) is 24.1. The Bertz CT molecular complexity index is 961. The van der Waals surface area contributed by atoms with Gasteiger partial charge in [0.15, 0.2) is 5.11 Å². The molecule has 0 aliphatic carbocycles. The molecule has 2 N–H and O–H groups in total. The van der Waals surface area contributed by atoms with Crippen LogP contribution in [-0.2, 0) is 0 Å². The van der Waals surface area contributed by atoms with Crippen molar-refractivity contribution in [3.05, 3.63) is 58.3 Å². The van der Waals surface area contributed by atoms with E-state index >= 15 is 0 Å². The third-order valence-corrected chi connectivity index (χ3v) is 8.17. The molecule has 2 aromatic carbocycles. The third kappa shape index (κ3) is 6.47. The van der Waals surface area contributed by atoms with Crippen molar-refractivity contribution >= 4 is 38.9 Å². The van der Waals surface area contributed by atoms with Crippen LogP contribution in [0.3, 0.4) is 0 Å². The van der Waals surface area contributed by atoms with Crippen LogP contribution in [0.4, 0.5) is 10.1 Å². The lowest BCUT2D eigenvalue weighted by atomic mass is 9.88. The SMILES string of the molecule is COc1ccc(C2CCN(CC(O)C3CCN(C(=S)Nc4ccc(Br)c(F)c4)CC3)CC2)cc1. The van der Waals surface area contributed by atoms with E-state index in [0.717, 1.165) is 64.2 Å². The monoisotopic (exact) mass is 549 g/mol. The fourth-order valence-corrected chi connectivity index (χ4v) is 5.55. The Morgan fingerprint density at radius 1 is 1.12 bits per heavy atom. The number of nitrogens with one attached hydrogen (secondary N) is 1. The summed E-state index contributed by atoms with van der Waals surface area (Å²) in [5.74, 6) is 1.44. The highest BCUT2D eigenvalue weighted by atomic mass is 79.9. The minimum absolute atomic E-state index is 0.281. The molecule has 0 radical (unpaired) electrons. The van der Waals surface area contributed by atoms with Gasteiger partial charge in [-0.3, -0.25) is 0 Å². The van der Waals surface area contributed by atoms with E-state index in [-0.39, 0.29) is 17.8 Å². The van der Waals surface area contributed by atoms with Gasteiger partial charge >= 0.3 is 0 Å². The van der Waals surface area contributed by atoms with Gasteiger partial charge in [-0.05, 0) is 115 Å². The van der Waals surface area contributed by atoms with E-state index in [4.69, 9.17) is 17.0 Å². The average molecular weight is 551 g/mol. The standard InChI is InChI=1S/C26H33BrFN3O2S/c1-33-22-5-2-18(3-6-22)19-8-12-30(13-9-19)17-25(32)20-10-14-31(15-11-20)26(34)29-21-4-7-23(27)24(28)16-21/h2-7,16,19-20,25,32H,8-15,17H2,1H3,(H,29,34). The zero-order valence-corrected chi connectivity index (χ0v) is 22.0. The van der Waals surface area contributed by atoms with E-state index in [9.17, 15) is 9.50 Å². The molecule has 0 spiro atoms. The highest BCUT2D eigenvalue weighted by molar-refractivity contribution is 9.10. The molecule has 2 aromatic rings. The van der Waals surface area contributed by atoms with Crippen molar-refractivity contribution in [1.29, 1.82) is 0 Å². The summed E-state index contributed by atoms with van der Waals surface area (Å²) in [6.45, 7) is 4.37. The molecule has 4 rings (SSSR count). The molecule has 34 heavy (non-hydrogen) atoms. The predicted molar refractivity (Wildman–Crippen MR) is 142 cm³/mol. The Morgan fingerprint density at radius 2 is 1.79 bits per heavy atom. The van der Waals surface area contributed by atoms with Gasteiger partial charge in [0.2, 0.25) is 0 Å². The number of aliphatic hydroxyl groups is 1. The summed E-state index contributed by atoms with van der Waals surface area (Å²) in [4.78, 5) is 4.52. The molecule has 0 aromatic heterocycles. The van der Waals surface area contributed by atoms with E-state index in [2.05, 4.69) is 43.2 Å². The van der Waals surface area contributed by atoms with Gasteiger partial charge in [0.1, 0.15) is 11.6 Å². The molecule has 2 saturated heterocycles. The summed E-state index contributed by atoms with van der Waals surface area (Å²) in [5, 5.41) is 14.7. The molecule has 1 atom stereocenters. The Kier molecular flexibility index (Phi) is 8.80. The molecule has 2 fully saturated rings. The van der Waals surface area contributed by atoms with Gasteiger partial charge in [0.25, 0.3) is 0 Å². The summed E-state index contributed by atoms with van der Waals surface area (Å²) >= 11 is 8.70. The number of halogens is 2. The van der Waals surface area contributed by atoms with Crippen LogP contribution in [0, 0.1) is 11.7 Å². The average Bonchev–Trinajstić information content (AvgIpc) is 2.87. The summed E-state index contributed by atoms with van der Waals surface area (Å²) in [7, 11) is 1.69. The normalized spacial score (nSPS) is 19.1. The van der Waals surface area contributed by atoms with E-state index in [0.29, 0.717) is 21.2 Å². The molecule has 1 unspecified atom stereocenters. The maximum absolute atomic E-state index is 13.8. The summed E-state index contributed by atoms with van der Waals surface area (Å²) in [5.41, 5.74) is 2.02. The maximum Gasteiger partial charge on any atom is 0.173 e. The van der Waals surface area contributed by atoms with Crippen molar-refractivity contribution in [2.45, 2.75) is 37.7 Å². The molecular weight excluding hydrogens is 517 g/mol. The number of methoxy groups -OCH3 is 1. The minimum atomic E-state index is -0.318. The number of benzene rings is 2. The molecule has 2 aliphatic heterocycles. The lowest BCUT2D eigenvalue weighted by Gasteiger charge is -2.38. The number of piperidine rings is 2. The van der Waals surface area contributed by atoms with E-state index in [1.807, 2.05) is 12.1 Å². The van der Waals surface area contributed by atoms with Crippen molar-refractivity contribution in [3.8, 4) is 5.75 Å². The molecule has 2 heterocycles. The Labute approximate surface area is 215 Å². The van der Waals surface area contributed by atoms with Crippen molar-refractivity contribution in [3.63, 3.8) is 0 Å². The van der Waals surface area contributed by atoms with Gasteiger partial charge < -0.3 is 25.0 Å². The molecule has 5 nitrogen and oxygen atoms in total. The van der Waals surface area contributed by atoms with Crippen LogP contribution in [0.5, 0.6) is 5.75 Å². The number of thiocarbonyl (C=S) groups is 1. The second kappa shape index (κ2) is 11.8. The molecule has 0 amide bonds. The van der Waals surface area contributed by atoms with Crippen molar-refractivity contribution in [2.24, 2.45) is 5.92 Å². The van der Waals surface area contributed by atoms with Crippen molar-refractivity contribution in [1.82, 2.24) is 9.80 Å². The van der Waals surface area contributed by atoms with Crippen molar-refractivity contribution in [2.75, 3.05) is 45.2 Å². The van der Waals surface area contributed by atoms with Crippen LogP contribution in [0.2, 0.25) is 0 Å². The topological polar surface area (TPSA) is 48.0 Å². The Balaban J connectivity index is 1.19. The predicted octanol–water partition coefficient (Wildman–Crippen LogP) is 5.25. The first-order valence-corrected chi connectivity index (χ1v) is 13.2. The second-order valence-electron chi connectivity index (χ2n) is 9.30. The molecule has 2 aliphatic rings. The number of aliphatic hydroxyl groups excluding tert-OH is 1. The second-order valence-corrected chi connectivity index (χ2v) is 10.5. The zero-order valence-electron chi connectivity index (χ0n) is 19.6. The van der Waals surface area contributed by atoms with E-state index in [1.54, 1.807) is 19.2 Å². The number of hydrogen-bond donors (Lipinski definition) is 2. The number of anilines is 1. The highest BCUT2D eigenvalue weighted by Gasteiger charge is 2.29. The van der Waals surface area contributed by atoms with Crippen molar-refractivity contribution < 1.29 is 14.2 Å². The summed E-state index contributed by atoms with van der Waals surface area (Å²) in [6.07, 6.45) is 3.73. The lowest BCUT2D eigenvalue weighted by molar-refractivity contribution is 0.0343. The fourth-order valence-electron chi connectivity index (χ4n) is 5.00. The van der Waals surface area contributed by atoms with Gasteiger partial charge in [-0.1, -0.05) is 12.1 Å². The number of nitrogens with zero attached hydrogens (tertiary/aromatic N) is 2. The number of ether oxygens (including phenoxy) is 1. The highest BCUT2D eigenvalue weighted by Crippen LogP contribution is 2.30. The van der Waals surface area contributed by atoms with Crippen LogP contribution in [-0.4, -0.2) is 66.0 Å². The first-order valence-electron chi connectivity index (χ1n) is 12.0. The van der Waals surface area contributed by atoms with E-state index < -0.39 is 0 Å². The summed E-state index contributed by atoms with van der Waals surface area (Å²) in [6, 6.07) is 13.3. The smallest absolute Gasteiger partial charge is 0.173 e. The first-order chi connectivity index (χ1) is 16.4. The number of likely N-dealkylation sites (tertiary alicyclic amines) is 2. The van der Waals surface area contributed by atoms with Crippen LogP contribution in [0.1, 0.15) is 37.2 Å². The van der Waals surface area contributed by atoms with Crippen LogP contribution < -0.4 is 10.1 Å². The molecular formula is C26H33BrFN3O2S. The number of β-amino-alcohol motifs (C(OH)–C–C–N with tert-alkyl or cyclic N) is 1. The Hall–Kier alpha value is -1.74. The number of rotatable bonds is 6. The third-order valence-electron chi connectivity index (χ3n) is 7.16. The molecule has 0 saturated carbocycles. The minimum Gasteiger partial charge on any atom is -0.497 e. The van der Waals surface area contributed by atoms with Crippen LogP contribution >= 0.6 is 28.1 Å². The van der Waals surface area contributed by atoms with Gasteiger partial charge in [0.05, 0.1) is 17.7 Å². The van der Waals surface area contributed by atoms with Gasteiger partial charge in [-0.2, -0.15) is 0 Å². The quantitative estimate of drug-likeness (QED) is 0.480. The lowest BCUT2D eigenvalue weighted by Crippen LogP contribution is -2.46. The largest absolute Gasteiger partial charge is 0.497 e. The molecule has 184 valence electrons. The van der Waals surface area contributed by atoms with E-state index in [1.165, 1.54) is 11.6 Å². The van der Waals surface area contributed by atoms with Crippen LogP contribution in [0.15, 0.2) is 46.9 Å². The maximum atomic E-state index is 13.8. The Morgan fingerprint density at radius 3 is 2.41 bits per heavy atom. The first kappa shape index (κ1) is 25.4.